The Hall–Kier alpha value is -2.23. The third-order valence-electron chi connectivity index (χ3n) is 3.56. The van der Waals surface area contributed by atoms with E-state index in [0.717, 1.165) is 18.8 Å². The molecule has 2 aromatic heterocycles. The second kappa shape index (κ2) is 4.80. The normalized spacial score (nSPS) is 11.1. The molecule has 2 N–H and O–H groups in total. The van der Waals surface area contributed by atoms with Crippen molar-refractivity contribution in [3.05, 3.63) is 47.9 Å². The van der Waals surface area contributed by atoms with E-state index in [4.69, 9.17) is 0 Å². The molecule has 19 heavy (non-hydrogen) atoms. The van der Waals surface area contributed by atoms with Gasteiger partial charge in [-0.05, 0) is 31.5 Å². The number of H-pyrrole nitrogens is 1. The van der Waals surface area contributed by atoms with Gasteiger partial charge in [0.15, 0.2) is 0 Å². The highest BCUT2D eigenvalue weighted by molar-refractivity contribution is 5.83. The van der Waals surface area contributed by atoms with Crippen molar-refractivity contribution in [1.29, 1.82) is 0 Å². The first kappa shape index (κ1) is 11.8. The molecule has 3 rings (SSSR count). The van der Waals surface area contributed by atoms with Gasteiger partial charge in [-0.25, -0.2) is 0 Å². The Bertz CT molecular complexity index is 693. The summed E-state index contributed by atoms with van der Waals surface area (Å²) in [6, 6.07) is 8.45. The number of anilines is 1. The van der Waals surface area contributed by atoms with Crippen LogP contribution in [0, 0.1) is 6.92 Å². The molecule has 0 amide bonds. The monoisotopic (exact) mass is 254 g/mol. The molecule has 1 aromatic carbocycles. The van der Waals surface area contributed by atoms with Gasteiger partial charge >= 0.3 is 0 Å². The zero-order chi connectivity index (χ0) is 13.2. The Morgan fingerprint density at radius 3 is 3.00 bits per heavy atom. The van der Waals surface area contributed by atoms with Gasteiger partial charge in [0.1, 0.15) is 0 Å². The standard InChI is InChI=1S/C15H18N4/c1-3-19-11(2)15(10-18-19)17-9-12-5-4-6-14-13(12)7-8-16-14/h4-8,10,16-17H,3,9H2,1-2H3. The van der Waals surface area contributed by atoms with Gasteiger partial charge in [-0.15, -0.1) is 0 Å². The summed E-state index contributed by atoms with van der Waals surface area (Å²) < 4.78 is 2.00. The maximum Gasteiger partial charge on any atom is 0.0758 e. The van der Waals surface area contributed by atoms with E-state index in [-0.39, 0.29) is 0 Å². The number of nitrogens with one attached hydrogen (secondary N) is 2. The van der Waals surface area contributed by atoms with Crippen molar-refractivity contribution >= 4 is 16.6 Å². The molecule has 0 atom stereocenters. The van der Waals surface area contributed by atoms with E-state index in [0.29, 0.717) is 0 Å². The Balaban J connectivity index is 1.82. The molecular formula is C15H18N4. The quantitative estimate of drug-likeness (QED) is 0.750. The third kappa shape index (κ3) is 2.10. The number of aryl methyl sites for hydroxylation is 1. The predicted molar refractivity (Wildman–Crippen MR) is 78.3 cm³/mol. The molecule has 4 nitrogen and oxygen atoms in total. The van der Waals surface area contributed by atoms with Crippen LogP contribution in [-0.2, 0) is 13.1 Å². The second-order valence-corrected chi connectivity index (χ2v) is 4.67. The van der Waals surface area contributed by atoms with Crippen LogP contribution in [0.2, 0.25) is 0 Å². The van der Waals surface area contributed by atoms with E-state index < -0.39 is 0 Å². The first-order chi connectivity index (χ1) is 9.29. The molecule has 0 unspecified atom stereocenters. The van der Waals surface area contributed by atoms with Crippen molar-refractivity contribution in [2.75, 3.05) is 5.32 Å². The molecule has 0 radical (unpaired) electrons. The minimum absolute atomic E-state index is 0.811. The van der Waals surface area contributed by atoms with Crippen molar-refractivity contribution in [3.8, 4) is 0 Å². The van der Waals surface area contributed by atoms with Gasteiger partial charge < -0.3 is 10.3 Å². The van der Waals surface area contributed by atoms with Crippen molar-refractivity contribution in [1.82, 2.24) is 14.8 Å². The molecule has 0 aliphatic rings. The number of hydrogen-bond donors (Lipinski definition) is 2. The van der Waals surface area contributed by atoms with Crippen LogP contribution in [0.4, 0.5) is 5.69 Å². The third-order valence-corrected chi connectivity index (χ3v) is 3.56. The van der Waals surface area contributed by atoms with Crippen LogP contribution < -0.4 is 5.32 Å². The molecule has 98 valence electrons. The zero-order valence-electron chi connectivity index (χ0n) is 11.3. The zero-order valence-corrected chi connectivity index (χ0v) is 11.3. The smallest absolute Gasteiger partial charge is 0.0758 e. The lowest BCUT2D eigenvalue weighted by molar-refractivity contribution is 0.640. The van der Waals surface area contributed by atoms with Crippen molar-refractivity contribution < 1.29 is 0 Å². The lowest BCUT2D eigenvalue weighted by atomic mass is 10.1. The van der Waals surface area contributed by atoms with Crippen LogP contribution in [0.25, 0.3) is 10.9 Å². The number of aromatic amines is 1. The summed E-state index contributed by atoms with van der Waals surface area (Å²) >= 11 is 0. The maximum atomic E-state index is 4.35. The minimum atomic E-state index is 0.811. The average Bonchev–Trinajstić information content (AvgIpc) is 3.03. The SMILES string of the molecule is CCn1ncc(NCc2cccc3[nH]ccc23)c1C. The van der Waals surface area contributed by atoms with Gasteiger partial charge in [0, 0.05) is 30.2 Å². The number of nitrogens with zero attached hydrogens (tertiary/aromatic N) is 2. The van der Waals surface area contributed by atoms with Crippen molar-refractivity contribution in [2.45, 2.75) is 26.9 Å². The Labute approximate surface area is 112 Å². The van der Waals surface area contributed by atoms with E-state index in [9.17, 15) is 0 Å². The molecule has 0 saturated heterocycles. The first-order valence-electron chi connectivity index (χ1n) is 6.61. The van der Waals surface area contributed by atoms with E-state index >= 15 is 0 Å². The summed E-state index contributed by atoms with van der Waals surface area (Å²) in [6.45, 7) is 5.91. The van der Waals surface area contributed by atoms with E-state index in [1.54, 1.807) is 0 Å². The van der Waals surface area contributed by atoms with Gasteiger partial charge in [0.25, 0.3) is 0 Å². The number of rotatable bonds is 4. The topological polar surface area (TPSA) is 45.6 Å². The average molecular weight is 254 g/mol. The maximum absolute atomic E-state index is 4.35. The second-order valence-electron chi connectivity index (χ2n) is 4.67. The van der Waals surface area contributed by atoms with Crippen molar-refractivity contribution in [3.63, 3.8) is 0 Å². The van der Waals surface area contributed by atoms with E-state index in [1.807, 2.05) is 17.1 Å². The number of fused-ring (bicyclic) bond motifs is 1. The molecule has 0 saturated carbocycles. The fraction of sp³-hybridized carbons (Fsp3) is 0.267. The fourth-order valence-electron chi connectivity index (χ4n) is 2.43. The van der Waals surface area contributed by atoms with Gasteiger partial charge in [-0.2, -0.15) is 5.10 Å². The summed E-state index contributed by atoms with van der Waals surface area (Å²) in [5, 5.41) is 9.09. The summed E-state index contributed by atoms with van der Waals surface area (Å²) in [5.41, 5.74) is 4.76. The van der Waals surface area contributed by atoms with E-state index in [2.05, 4.69) is 53.5 Å². The molecule has 0 bridgehead atoms. The summed E-state index contributed by atoms with van der Waals surface area (Å²) in [6.07, 6.45) is 3.88. The lowest BCUT2D eigenvalue weighted by Gasteiger charge is -2.07. The van der Waals surface area contributed by atoms with Crippen LogP contribution in [0.3, 0.4) is 0 Å². The summed E-state index contributed by atoms with van der Waals surface area (Å²) in [5.74, 6) is 0. The van der Waals surface area contributed by atoms with Gasteiger partial charge in [-0.3, -0.25) is 4.68 Å². The molecular weight excluding hydrogens is 236 g/mol. The van der Waals surface area contributed by atoms with Gasteiger partial charge in [-0.1, -0.05) is 12.1 Å². The minimum Gasteiger partial charge on any atom is -0.378 e. The van der Waals surface area contributed by atoms with E-state index in [1.165, 1.54) is 22.2 Å². The number of hydrogen-bond acceptors (Lipinski definition) is 2. The molecule has 0 spiro atoms. The van der Waals surface area contributed by atoms with Crippen LogP contribution in [-0.4, -0.2) is 14.8 Å². The molecule has 4 heteroatoms. The van der Waals surface area contributed by atoms with Crippen LogP contribution in [0.15, 0.2) is 36.7 Å². The molecule has 0 aliphatic heterocycles. The van der Waals surface area contributed by atoms with Gasteiger partial charge in [0.05, 0.1) is 17.6 Å². The Kier molecular flexibility index (Phi) is 2.99. The summed E-state index contributed by atoms with van der Waals surface area (Å²) in [4.78, 5) is 3.24. The predicted octanol–water partition coefficient (Wildman–Crippen LogP) is 3.30. The first-order valence-corrected chi connectivity index (χ1v) is 6.61. The number of aromatic nitrogens is 3. The lowest BCUT2D eigenvalue weighted by Crippen LogP contribution is -2.02. The molecule has 3 aromatic rings. The summed E-state index contributed by atoms with van der Waals surface area (Å²) in [7, 11) is 0. The fourth-order valence-corrected chi connectivity index (χ4v) is 2.43. The largest absolute Gasteiger partial charge is 0.378 e. The Morgan fingerprint density at radius 2 is 2.21 bits per heavy atom. The highest BCUT2D eigenvalue weighted by Crippen LogP contribution is 2.20. The van der Waals surface area contributed by atoms with Crippen molar-refractivity contribution in [2.24, 2.45) is 0 Å². The molecule has 0 aliphatic carbocycles. The Morgan fingerprint density at radius 1 is 1.32 bits per heavy atom. The van der Waals surface area contributed by atoms with Gasteiger partial charge in [0.2, 0.25) is 0 Å². The number of benzene rings is 1. The van der Waals surface area contributed by atoms with Crippen LogP contribution >= 0.6 is 0 Å². The highest BCUT2D eigenvalue weighted by Gasteiger charge is 2.06. The van der Waals surface area contributed by atoms with Crippen LogP contribution in [0.5, 0.6) is 0 Å². The van der Waals surface area contributed by atoms with Crippen LogP contribution in [0.1, 0.15) is 18.2 Å². The molecule has 0 fully saturated rings. The highest BCUT2D eigenvalue weighted by atomic mass is 15.3. The molecule has 2 heterocycles.